The number of carbonyl (C=O) groups excluding carboxylic acids is 2. The van der Waals surface area contributed by atoms with Gasteiger partial charge in [0.05, 0.1) is 25.8 Å². The van der Waals surface area contributed by atoms with Crippen LogP contribution in [0.4, 0.5) is 5.69 Å². The van der Waals surface area contributed by atoms with Crippen LogP contribution in [-0.2, 0) is 14.3 Å². The molecule has 7 heteroatoms. The van der Waals surface area contributed by atoms with E-state index in [1.165, 1.54) is 12.0 Å². The molecule has 0 atom stereocenters. The minimum atomic E-state index is -0.572. The maximum absolute atomic E-state index is 12.4. The fourth-order valence-electron chi connectivity index (χ4n) is 2.33. The lowest BCUT2D eigenvalue weighted by Crippen LogP contribution is -2.31. The molecule has 25 heavy (non-hydrogen) atoms. The second kappa shape index (κ2) is 8.34. The van der Waals surface area contributed by atoms with E-state index >= 15 is 0 Å². The first-order chi connectivity index (χ1) is 12.0. The van der Waals surface area contributed by atoms with Gasteiger partial charge in [0.25, 0.3) is 5.91 Å². The number of hydrogen-bond donors (Lipinski definition) is 2. The molecule has 1 amide bonds. The Hall–Kier alpha value is -2.80. The molecule has 2 rings (SSSR count). The van der Waals surface area contributed by atoms with E-state index in [2.05, 4.69) is 11.9 Å². The highest BCUT2D eigenvalue weighted by atomic mass is 16.5. The number of ether oxygens (including phenoxy) is 2. The monoisotopic (exact) mass is 346 g/mol. The van der Waals surface area contributed by atoms with Crippen LogP contribution in [0.1, 0.15) is 6.92 Å². The molecular formula is C18H22N2O5. The van der Waals surface area contributed by atoms with E-state index in [0.717, 1.165) is 5.57 Å². The van der Waals surface area contributed by atoms with E-state index in [9.17, 15) is 9.59 Å². The fourth-order valence-corrected chi connectivity index (χ4v) is 2.33. The van der Waals surface area contributed by atoms with Gasteiger partial charge in [-0.2, -0.15) is 0 Å². The molecule has 1 aromatic rings. The number of rotatable bonds is 8. The minimum Gasteiger partial charge on any atom is -0.489 e. The van der Waals surface area contributed by atoms with E-state index in [1.807, 2.05) is 6.92 Å². The van der Waals surface area contributed by atoms with Crippen molar-refractivity contribution in [3.05, 3.63) is 47.7 Å². The molecule has 0 unspecified atom stereocenters. The molecule has 0 aromatic heterocycles. The Balaban J connectivity index is 2.16. The standard InChI is InChI=1S/C18H22N2O5/c1-12(2)11-25-14-6-4-13(5-7-14)19-16-15(18(23)24-3)10-20(8-9-21)17(16)22/h4-7,19,21H,1,8-11H2,2-3H3. The third-order valence-electron chi connectivity index (χ3n) is 3.56. The molecule has 1 aromatic carbocycles. The third-order valence-corrected chi connectivity index (χ3v) is 3.56. The molecular weight excluding hydrogens is 324 g/mol. The van der Waals surface area contributed by atoms with Crippen molar-refractivity contribution in [2.45, 2.75) is 6.92 Å². The van der Waals surface area contributed by atoms with Crippen LogP contribution < -0.4 is 10.1 Å². The van der Waals surface area contributed by atoms with Crippen LogP contribution in [0.5, 0.6) is 5.75 Å². The second-order valence-corrected chi connectivity index (χ2v) is 5.69. The van der Waals surface area contributed by atoms with Gasteiger partial charge in [-0.25, -0.2) is 4.79 Å². The fraction of sp³-hybridized carbons (Fsp3) is 0.333. The number of nitrogens with one attached hydrogen (secondary N) is 1. The number of methoxy groups -OCH3 is 1. The highest BCUT2D eigenvalue weighted by Crippen LogP contribution is 2.24. The van der Waals surface area contributed by atoms with Gasteiger partial charge in [-0.15, -0.1) is 0 Å². The van der Waals surface area contributed by atoms with Crippen molar-refractivity contribution in [2.75, 3.05) is 38.7 Å². The van der Waals surface area contributed by atoms with Gasteiger partial charge in [0.15, 0.2) is 0 Å². The molecule has 2 N–H and O–H groups in total. The summed E-state index contributed by atoms with van der Waals surface area (Å²) in [6, 6.07) is 7.01. The predicted octanol–water partition coefficient (Wildman–Crippen LogP) is 1.31. The molecule has 0 fully saturated rings. The normalized spacial score (nSPS) is 13.9. The molecule has 1 heterocycles. The van der Waals surface area contributed by atoms with Crippen LogP contribution in [0.25, 0.3) is 0 Å². The lowest BCUT2D eigenvalue weighted by molar-refractivity contribution is -0.136. The number of amides is 1. The number of esters is 1. The first kappa shape index (κ1) is 18.5. The van der Waals surface area contributed by atoms with E-state index in [-0.39, 0.29) is 36.9 Å². The van der Waals surface area contributed by atoms with E-state index in [0.29, 0.717) is 18.0 Å². The number of hydrogen-bond acceptors (Lipinski definition) is 6. The Labute approximate surface area is 146 Å². The first-order valence-electron chi connectivity index (χ1n) is 7.82. The number of β-amino-alcohol motifs (C(OH)–C–C–N with tert-alkyl or cyclic N) is 1. The quantitative estimate of drug-likeness (QED) is 0.545. The number of anilines is 1. The molecule has 134 valence electrons. The number of nitrogens with zero attached hydrogens (tertiary/aromatic N) is 1. The molecule has 0 aliphatic carbocycles. The molecule has 1 aliphatic rings. The summed E-state index contributed by atoms with van der Waals surface area (Å²) >= 11 is 0. The summed E-state index contributed by atoms with van der Waals surface area (Å²) in [6.07, 6.45) is 0. The molecule has 0 bridgehead atoms. The van der Waals surface area contributed by atoms with Crippen molar-refractivity contribution in [1.29, 1.82) is 0 Å². The average Bonchev–Trinajstić information content (AvgIpc) is 2.90. The molecule has 0 radical (unpaired) electrons. The van der Waals surface area contributed by atoms with Crippen LogP contribution >= 0.6 is 0 Å². The topological polar surface area (TPSA) is 88.1 Å². The van der Waals surface area contributed by atoms with Crippen LogP contribution in [0.15, 0.2) is 47.7 Å². The third kappa shape index (κ3) is 4.60. The van der Waals surface area contributed by atoms with Crippen molar-refractivity contribution < 1.29 is 24.2 Å². The maximum Gasteiger partial charge on any atom is 0.337 e. The highest BCUT2D eigenvalue weighted by molar-refractivity contribution is 6.08. The van der Waals surface area contributed by atoms with Crippen LogP contribution in [-0.4, -0.2) is 55.3 Å². The Kier molecular flexibility index (Phi) is 6.19. The lowest BCUT2D eigenvalue weighted by atomic mass is 10.2. The smallest absolute Gasteiger partial charge is 0.337 e. The number of benzene rings is 1. The highest BCUT2D eigenvalue weighted by Gasteiger charge is 2.34. The van der Waals surface area contributed by atoms with Crippen molar-refractivity contribution in [1.82, 2.24) is 4.90 Å². The summed E-state index contributed by atoms with van der Waals surface area (Å²) in [4.78, 5) is 25.7. The second-order valence-electron chi connectivity index (χ2n) is 5.69. The van der Waals surface area contributed by atoms with E-state index < -0.39 is 5.97 Å². The van der Waals surface area contributed by atoms with Crippen molar-refractivity contribution >= 4 is 17.6 Å². The first-order valence-corrected chi connectivity index (χ1v) is 7.82. The molecule has 7 nitrogen and oxygen atoms in total. The molecule has 0 spiro atoms. The van der Waals surface area contributed by atoms with E-state index in [1.54, 1.807) is 24.3 Å². The van der Waals surface area contributed by atoms with Gasteiger partial charge < -0.3 is 24.8 Å². The Morgan fingerprint density at radius 2 is 2.04 bits per heavy atom. The predicted molar refractivity (Wildman–Crippen MR) is 93.1 cm³/mol. The Bertz CT molecular complexity index is 694. The summed E-state index contributed by atoms with van der Waals surface area (Å²) in [5.41, 5.74) is 1.95. The summed E-state index contributed by atoms with van der Waals surface area (Å²) in [5.74, 6) is -0.245. The summed E-state index contributed by atoms with van der Waals surface area (Å²) in [6.45, 7) is 6.16. The van der Waals surface area contributed by atoms with Gasteiger partial charge in [0.1, 0.15) is 18.1 Å². The number of carbonyl (C=O) groups is 2. The Morgan fingerprint density at radius 3 is 2.60 bits per heavy atom. The van der Waals surface area contributed by atoms with Gasteiger partial charge in [-0.1, -0.05) is 6.58 Å². The number of aliphatic hydroxyl groups is 1. The maximum atomic E-state index is 12.4. The molecule has 0 saturated carbocycles. The van der Waals surface area contributed by atoms with E-state index in [4.69, 9.17) is 14.6 Å². The van der Waals surface area contributed by atoms with Crippen molar-refractivity contribution in [3.63, 3.8) is 0 Å². The zero-order valence-corrected chi connectivity index (χ0v) is 14.4. The molecule has 0 saturated heterocycles. The summed E-state index contributed by atoms with van der Waals surface area (Å²) in [7, 11) is 1.26. The van der Waals surface area contributed by atoms with Crippen molar-refractivity contribution in [2.24, 2.45) is 0 Å². The molecule has 1 aliphatic heterocycles. The zero-order valence-electron chi connectivity index (χ0n) is 14.4. The largest absolute Gasteiger partial charge is 0.489 e. The lowest BCUT2D eigenvalue weighted by Gasteiger charge is -2.15. The van der Waals surface area contributed by atoms with Crippen LogP contribution in [0.2, 0.25) is 0 Å². The van der Waals surface area contributed by atoms with Gasteiger partial charge in [0, 0.05) is 12.2 Å². The summed E-state index contributed by atoms with van der Waals surface area (Å²) < 4.78 is 10.3. The van der Waals surface area contributed by atoms with Crippen LogP contribution in [0.3, 0.4) is 0 Å². The Morgan fingerprint density at radius 1 is 1.36 bits per heavy atom. The van der Waals surface area contributed by atoms with Gasteiger partial charge in [0.2, 0.25) is 0 Å². The van der Waals surface area contributed by atoms with Gasteiger partial charge >= 0.3 is 5.97 Å². The van der Waals surface area contributed by atoms with Gasteiger partial charge in [-0.3, -0.25) is 4.79 Å². The zero-order chi connectivity index (χ0) is 18.4. The van der Waals surface area contributed by atoms with Crippen LogP contribution in [0, 0.1) is 0 Å². The summed E-state index contributed by atoms with van der Waals surface area (Å²) in [5, 5.41) is 12.0. The van der Waals surface area contributed by atoms with Gasteiger partial charge in [-0.05, 0) is 36.8 Å². The minimum absolute atomic E-state index is 0.105. The number of aliphatic hydroxyl groups excluding tert-OH is 1. The average molecular weight is 346 g/mol. The SMILES string of the molecule is C=C(C)COc1ccc(NC2=C(C(=O)OC)CN(CCO)C2=O)cc1. The van der Waals surface area contributed by atoms with Crippen molar-refractivity contribution in [3.8, 4) is 5.75 Å².